The largest absolute Gasteiger partial charge is 0.380 e. The molecule has 76 valence electrons. The van der Waals surface area contributed by atoms with E-state index in [1.165, 1.54) is 0 Å². The molecule has 0 aliphatic heterocycles. The predicted molar refractivity (Wildman–Crippen MR) is 59.5 cm³/mol. The smallest absolute Gasteiger partial charge is 0.0992 e. The van der Waals surface area contributed by atoms with Crippen molar-refractivity contribution >= 4 is 17.3 Å². The molecule has 0 heterocycles. The Hall–Kier alpha value is -1.71. The van der Waals surface area contributed by atoms with Crippen molar-refractivity contribution in [2.45, 2.75) is 19.4 Å². The minimum atomic E-state index is 0.0421. The van der Waals surface area contributed by atoms with E-state index < -0.39 is 0 Å². The summed E-state index contributed by atoms with van der Waals surface area (Å²) < 4.78 is 0. The van der Waals surface area contributed by atoms with E-state index in [9.17, 15) is 0 Å². The zero-order chi connectivity index (χ0) is 11.3. The Bertz CT molecular complexity index is 428. The van der Waals surface area contributed by atoms with Crippen LogP contribution in [0.15, 0.2) is 18.2 Å². The van der Waals surface area contributed by atoms with Gasteiger partial charge in [-0.25, -0.2) is 0 Å². The van der Waals surface area contributed by atoms with E-state index in [2.05, 4.69) is 11.4 Å². The van der Waals surface area contributed by atoms with Crippen LogP contribution in [0.2, 0.25) is 5.02 Å². The maximum atomic E-state index is 8.65. The van der Waals surface area contributed by atoms with Gasteiger partial charge in [-0.2, -0.15) is 10.5 Å². The van der Waals surface area contributed by atoms with Gasteiger partial charge in [-0.3, -0.25) is 0 Å². The molecule has 0 saturated carbocycles. The standard InChI is InChI=1S/C11H10ClN3/c1-8(4-5-13)15-11-3-2-9(7-14)6-10(11)12/h2-3,6,8,15H,4H2,1H3. The SMILES string of the molecule is CC(CC#N)Nc1ccc(C#N)cc1Cl. The van der Waals surface area contributed by atoms with E-state index in [-0.39, 0.29) is 6.04 Å². The third-order valence-electron chi connectivity index (χ3n) is 1.90. The molecule has 4 heteroatoms. The lowest BCUT2D eigenvalue weighted by Gasteiger charge is -2.13. The van der Waals surface area contributed by atoms with E-state index in [4.69, 9.17) is 22.1 Å². The van der Waals surface area contributed by atoms with E-state index in [0.717, 1.165) is 5.69 Å². The lowest BCUT2D eigenvalue weighted by molar-refractivity contribution is 0.821. The van der Waals surface area contributed by atoms with Gasteiger partial charge in [0, 0.05) is 6.04 Å². The van der Waals surface area contributed by atoms with Gasteiger partial charge < -0.3 is 5.32 Å². The van der Waals surface area contributed by atoms with E-state index in [0.29, 0.717) is 17.0 Å². The van der Waals surface area contributed by atoms with Crippen LogP contribution in [0.25, 0.3) is 0 Å². The van der Waals surface area contributed by atoms with Crippen molar-refractivity contribution in [3.63, 3.8) is 0 Å². The number of hydrogen-bond acceptors (Lipinski definition) is 3. The lowest BCUT2D eigenvalue weighted by atomic mass is 10.2. The summed E-state index contributed by atoms with van der Waals surface area (Å²) in [7, 11) is 0. The minimum Gasteiger partial charge on any atom is -0.380 e. The van der Waals surface area contributed by atoms with Gasteiger partial charge in [-0.05, 0) is 25.1 Å². The highest BCUT2D eigenvalue weighted by Gasteiger charge is 2.05. The van der Waals surface area contributed by atoms with Crippen molar-refractivity contribution < 1.29 is 0 Å². The van der Waals surface area contributed by atoms with Gasteiger partial charge >= 0.3 is 0 Å². The van der Waals surface area contributed by atoms with Crippen LogP contribution in [-0.4, -0.2) is 6.04 Å². The highest BCUT2D eigenvalue weighted by Crippen LogP contribution is 2.23. The summed E-state index contributed by atoms with van der Waals surface area (Å²) in [4.78, 5) is 0. The first-order chi connectivity index (χ1) is 7.17. The third-order valence-corrected chi connectivity index (χ3v) is 2.21. The fourth-order valence-corrected chi connectivity index (χ4v) is 1.39. The summed E-state index contributed by atoms with van der Waals surface area (Å²) in [6.45, 7) is 1.90. The molecule has 1 unspecified atom stereocenters. The molecule has 0 bridgehead atoms. The summed E-state index contributed by atoms with van der Waals surface area (Å²) in [6.07, 6.45) is 0.413. The van der Waals surface area contributed by atoms with Crippen LogP contribution in [0.1, 0.15) is 18.9 Å². The Labute approximate surface area is 93.9 Å². The normalized spacial score (nSPS) is 11.2. The molecule has 15 heavy (non-hydrogen) atoms. The molecule has 0 fully saturated rings. The number of rotatable bonds is 3. The number of nitrogens with zero attached hydrogens (tertiary/aromatic N) is 2. The Morgan fingerprint density at radius 2 is 2.20 bits per heavy atom. The Kier molecular flexibility index (Phi) is 3.97. The summed E-state index contributed by atoms with van der Waals surface area (Å²) in [5.74, 6) is 0. The second-order valence-electron chi connectivity index (χ2n) is 3.21. The molecule has 0 radical (unpaired) electrons. The van der Waals surface area contributed by atoms with Crippen LogP contribution in [-0.2, 0) is 0 Å². The maximum Gasteiger partial charge on any atom is 0.0992 e. The molecule has 1 aromatic rings. The molecule has 0 aromatic heterocycles. The average Bonchev–Trinajstić information content (AvgIpc) is 2.21. The molecule has 1 atom stereocenters. The average molecular weight is 220 g/mol. The number of benzene rings is 1. The van der Waals surface area contributed by atoms with Crippen molar-refractivity contribution in [2.24, 2.45) is 0 Å². The van der Waals surface area contributed by atoms with Crippen LogP contribution < -0.4 is 5.32 Å². The monoisotopic (exact) mass is 219 g/mol. The van der Waals surface area contributed by atoms with Crippen molar-refractivity contribution in [3.05, 3.63) is 28.8 Å². The second-order valence-corrected chi connectivity index (χ2v) is 3.62. The Balaban J connectivity index is 2.80. The van der Waals surface area contributed by atoms with Crippen molar-refractivity contribution in [2.75, 3.05) is 5.32 Å². The molecule has 0 saturated heterocycles. The van der Waals surface area contributed by atoms with Crippen LogP contribution in [0, 0.1) is 22.7 Å². The van der Waals surface area contributed by atoms with Crippen molar-refractivity contribution in [3.8, 4) is 12.1 Å². The molecule has 1 aromatic carbocycles. The van der Waals surface area contributed by atoms with Gasteiger partial charge in [0.25, 0.3) is 0 Å². The molecule has 0 amide bonds. The van der Waals surface area contributed by atoms with Gasteiger partial charge in [0.15, 0.2) is 0 Å². The van der Waals surface area contributed by atoms with E-state index in [1.807, 2.05) is 13.0 Å². The maximum absolute atomic E-state index is 8.65. The van der Waals surface area contributed by atoms with Crippen LogP contribution >= 0.6 is 11.6 Å². The first-order valence-corrected chi connectivity index (χ1v) is 4.88. The Morgan fingerprint density at radius 3 is 2.73 bits per heavy atom. The first kappa shape index (κ1) is 11.4. The quantitative estimate of drug-likeness (QED) is 0.850. The molecule has 3 nitrogen and oxygen atoms in total. The number of halogens is 1. The second kappa shape index (κ2) is 5.24. The first-order valence-electron chi connectivity index (χ1n) is 4.50. The third kappa shape index (κ3) is 3.16. The highest BCUT2D eigenvalue weighted by molar-refractivity contribution is 6.33. The molecule has 1 N–H and O–H groups in total. The molecule has 1 rings (SSSR count). The van der Waals surface area contributed by atoms with Gasteiger partial charge in [-0.15, -0.1) is 0 Å². The fraction of sp³-hybridized carbons (Fsp3) is 0.273. The number of anilines is 1. The van der Waals surface area contributed by atoms with Crippen molar-refractivity contribution in [1.82, 2.24) is 0 Å². The lowest BCUT2D eigenvalue weighted by Crippen LogP contribution is -2.14. The summed E-state index contributed by atoms with van der Waals surface area (Å²) in [6, 6.07) is 9.16. The zero-order valence-corrected chi connectivity index (χ0v) is 9.04. The summed E-state index contributed by atoms with van der Waals surface area (Å²) in [5.41, 5.74) is 1.27. The summed E-state index contributed by atoms with van der Waals surface area (Å²) in [5, 5.41) is 20.7. The zero-order valence-electron chi connectivity index (χ0n) is 8.29. The molecule has 0 aliphatic rings. The van der Waals surface area contributed by atoms with Gasteiger partial charge in [0.2, 0.25) is 0 Å². The number of hydrogen-bond donors (Lipinski definition) is 1. The topological polar surface area (TPSA) is 59.6 Å². The van der Waals surface area contributed by atoms with Crippen LogP contribution in [0.3, 0.4) is 0 Å². The number of nitriles is 2. The van der Waals surface area contributed by atoms with E-state index in [1.54, 1.807) is 18.2 Å². The van der Waals surface area contributed by atoms with Crippen molar-refractivity contribution in [1.29, 1.82) is 10.5 Å². The Morgan fingerprint density at radius 1 is 1.47 bits per heavy atom. The molecular weight excluding hydrogens is 210 g/mol. The fourth-order valence-electron chi connectivity index (χ4n) is 1.16. The minimum absolute atomic E-state index is 0.0421. The predicted octanol–water partition coefficient (Wildman–Crippen LogP) is 2.93. The highest BCUT2D eigenvalue weighted by atomic mass is 35.5. The molecule has 0 aliphatic carbocycles. The van der Waals surface area contributed by atoms with Gasteiger partial charge in [-0.1, -0.05) is 11.6 Å². The van der Waals surface area contributed by atoms with Gasteiger partial charge in [0.05, 0.1) is 34.8 Å². The van der Waals surface area contributed by atoms with Crippen LogP contribution in [0.4, 0.5) is 5.69 Å². The van der Waals surface area contributed by atoms with E-state index >= 15 is 0 Å². The van der Waals surface area contributed by atoms with Crippen LogP contribution in [0.5, 0.6) is 0 Å². The number of nitrogens with one attached hydrogen (secondary N) is 1. The van der Waals surface area contributed by atoms with Gasteiger partial charge in [0.1, 0.15) is 0 Å². The molecular formula is C11H10ClN3. The molecule has 0 spiro atoms. The summed E-state index contributed by atoms with van der Waals surface area (Å²) >= 11 is 5.96.